The number of hydrogen-bond donors (Lipinski definition) is 1. The quantitative estimate of drug-likeness (QED) is 0.490. The van der Waals surface area contributed by atoms with Gasteiger partial charge in [-0.3, -0.25) is 4.79 Å². The van der Waals surface area contributed by atoms with Crippen LogP contribution in [0, 0.1) is 0 Å². The third-order valence-electron chi connectivity index (χ3n) is 6.31. The molecule has 1 atom stereocenters. The number of nitrogens with one attached hydrogen (secondary N) is 1. The summed E-state index contributed by atoms with van der Waals surface area (Å²) < 4.78 is 10.8. The van der Waals surface area contributed by atoms with Gasteiger partial charge in [0.05, 0.1) is 25.2 Å². The number of aromatic amines is 1. The molecule has 0 spiro atoms. The van der Waals surface area contributed by atoms with Gasteiger partial charge in [0.2, 0.25) is 5.91 Å². The fraction of sp³-hybridized carbons (Fsp3) is 0.192. The molecule has 5 nitrogen and oxygen atoms in total. The zero-order valence-corrected chi connectivity index (χ0v) is 17.0. The van der Waals surface area contributed by atoms with E-state index in [1.54, 1.807) is 24.7 Å². The summed E-state index contributed by atoms with van der Waals surface area (Å²) in [6.07, 6.45) is 8.42. The first-order valence-corrected chi connectivity index (χ1v) is 10.6. The number of fused-ring (bicyclic) bond motifs is 4. The standard InChI is InChI=1S/C26H22N2O3/c29-24(8-5-17-10-13-30-16-17)28-12-9-21-20-3-1-2-4-22(20)27-25(21)26(28)19-6-7-23-18(15-19)11-14-31-23/h1-8,10,13,15-16,26-27H,9,11-12,14H2/t26-/m1/s1. The Morgan fingerprint density at radius 2 is 2.06 bits per heavy atom. The van der Waals surface area contributed by atoms with E-state index in [9.17, 15) is 4.79 Å². The summed E-state index contributed by atoms with van der Waals surface area (Å²) in [5.74, 6) is 0.946. The van der Waals surface area contributed by atoms with Gasteiger partial charge in [0.25, 0.3) is 0 Å². The Labute approximate surface area is 179 Å². The lowest BCUT2D eigenvalue weighted by Gasteiger charge is -2.36. The first kappa shape index (κ1) is 18.1. The number of furan rings is 1. The van der Waals surface area contributed by atoms with E-state index in [-0.39, 0.29) is 11.9 Å². The summed E-state index contributed by atoms with van der Waals surface area (Å²) in [4.78, 5) is 18.9. The molecule has 4 aromatic rings. The first-order chi connectivity index (χ1) is 15.3. The van der Waals surface area contributed by atoms with Gasteiger partial charge in [-0.15, -0.1) is 0 Å². The van der Waals surface area contributed by atoms with Crippen LogP contribution in [-0.4, -0.2) is 28.9 Å². The van der Waals surface area contributed by atoms with Crippen molar-refractivity contribution < 1.29 is 13.9 Å². The molecule has 1 N–H and O–H groups in total. The van der Waals surface area contributed by atoms with Gasteiger partial charge in [-0.2, -0.15) is 0 Å². The summed E-state index contributed by atoms with van der Waals surface area (Å²) >= 11 is 0. The zero-order chi connectivity index (χ0) is 20.8. The van der Waals surface area contributed by atoms with Crippen molar-refractivity contribution in [3.63, 3.8) is 0 Å². The number of nitrogens with zero attached hydrogens (tertiary/aromatic N) is 1. The molecule has 1 amide bonds. The van der Waals surface area contributed by atoms with Crippen molar-refractivity contribution in [3.05, 3.63) is 95.1 Å². The third-order valence-corrected chi connectivity index (χ3v) is 6.31. The van der Waals surface area contributed by atoms with E-state index in [1.807, 2.05) is 23.1 Å². The summed E-state index contributed by atoms with van der Waals surface area (Å²) in [7, 11) is 0. The summed E-state index contributed by atoms with van der Waals surface area (Å²) in [6.45, 7) is 1.39. The minimum absolute atomic E-state index is 0.00717. The minimum atomic E-state index is -0.163. The average Bonchev–Trinajstić information content (AvgIpc) is 3.55. The van der Waals surface area contributed by atoms with E-state index in [4.69, 9.17) is 9.15 Å². The number of amides is 1. The second-order valence-electron chi connectivity index (χ2n) is 8.10. The van der Waals surface area contributed by atoms with E-state index >= 15 is 0 Å². The lowest BCUT2D eigenvalue weighted by Crippen LogP contribution is -2.39. The fourth-order valence-electron chi connectivity index (χ4n) is 4.83. The minimum Gasteiger partial charge on any atom is -0.493 e. The number of hydrogen-bond acceptors (Lipinski definition) is 3. The van der Waals surface area contributed by atoms with Gasteiger partial charge in [-0.25, -0.2) is 0 Å². The molecule has 0 saturated heterocycles. The van der Waals surface area contributed by atoms with Crippen LogP contribution in [0.4, 0.5) is 0 Å². The highest BCUT2D eigenvalue weighted by atomic mass is 16.5. The van der Waals surface area contributed by atoms with Gasteiger partial charge in [0.15, 0.2) is 0 Å². The molecule has 2 aromatic heterocycles. The number of ether oxygens (including phenoxy) is 1. The summed E-state index contributed by atoms with van der Waals surface area (Å²) in [5, 5.41) is 1.24. The molecule has 5 heteroatoms. The second kappa shape index (κ2) is 7.20. The van der Waals surface area contributed by atoms with Crippen molar-refractivity contribution in [1.29, 1.82) is 0 Å². The van der Waals surface area contributed by atoms with E-state index < -0.39 is 0 Å². The second-order valence-corrected chi connectivity index (χ2v) is 8.10. The number of benzene rings is 2. The lowest BCUT2D eigenvalue weighted by atomic mass is 9.91. The Bertz CT molecular complexity index is 1300. The highest BCUT2D eigenvalue weighted by Gasteiger charge is 2.34. The fourth-order valence-corrected chi connectivity index (χ4v) is 4.83. The van der Waals surface area contributed by atoms with Crippen molar-refractivity contribution in [3.8, 4) is 5.75 Å². The molecule has 0 saturated carbocycles. The molecule has 31 heavy (non-hydrogen) atoms. The molecule has 2 aliphatic rings. The zero-order valence-electron chi connectivity index (χ0n) is 17.0. The molecule has 0 aliphatic carbocycles. The SMILES string of the molecule is O=C(C=Cc1ccoc1)N1CCc2c([nH]c3ccccc23)[C@H]1c1ccc2c(c1)CCO2. The number of carbonyl (C=O) groups is 1. The number of rotatable bonds is 3. The monoisotopic (exact) mass is 410 g/mol. The van der Waals surface area contributed by atoms with Gasteiger partial charge < -0.3 is 19.0 Å². The maximum atomic E-state index is 13.3. The van der Waals surface area contributed by atoms with Crippen LogP contribution >= 0.6 is 0 Å². The Morgan fingerprint density at radius 3 is 2.97 bits per heavy atom. The maximum absolute atomic E-state index is 13.3. The van der Waals surface area contributed by atoms with Gasteiger partial charge >= 0.3 is 0 Å². The molecule has 0 fully saturated rings. The van der Waals surface area contributed by atoms with Crippen LogP contribution in [0.25, 0.3) is 17.0 Å². The Balaban J connectivity index is 1.45. The van der Waals surface area contributed by atoms with Crippen molar-refractivity contribution in [1.82, 2.24) is 9.88 Å². The molecule has 0 bridgehead atoms. The number of carbonyl (C=O) groups excluding carboxylic acids is 1. The van der Waals surface area contributed by atoms with E-state index in [2.05, 4.69) is 35.3 Å². The average molecular weight is 410 g/mol. The van der Waals surface area contributed by atoms with Gasteiger partial charge in [-0.1, -0.05) is 24.3 Å². The van der Waals surface area contributed by atoms with Crippen molar-refractivity contribution >= 4 is 22.9 Å². The molecule has 0 unspecified atom stereocenters. The van der Waals surface area contributed by atoms with Crippen LogP contribution in [0.5, 0.6) is 5.75 Å². The molecule has 2 aliphatic heterocycles. The molecular formula is C26H22N2O3. The van der Waals surface area contributed by atoms with Crippen LogP contribution in [0.1, 0.15) is 34.0 Å². The van der Waals surface area contributed by atoms with E-state index in [0.29, 0.717) is 6.54 Å². The van der Waals surface area contributed by atoms with E-state index in [1.165, 1.54) is 16.5 Å². The Kier molecular flexibility index (Phi) is 4.20. The number of H-pyrrole nitrogens is 1. The maximum Gasteiger partial charge on any atom is 0.247 e. The molecular weight excluding hydrogens is 388 g/mol. The molecule has 0 radical (unpaired) electrons. The lowest BCUT2D eigenvalue weighted by molar-refractivity contribution is -0.128. The molecule has 4 heterocycles. The van der Waals surface area contributed by atoms with Crippen LogP contribution in [0.15, 0.2) is 71.6 Å². The van der Waals surface area contributed by atoms with Crippen molar-refractivity contribution in [2.75, 3.05) is 13.2 Å². The predicted octanol–water partition coefficient (Wildman–Crippen LogP) is 4.88. The van der Waals surface area contributed by atoms with Crippen LogP contribution in [-0.2, 0) is 17.6 Å². The smallest absolute Gasteiger partial charge is 0.247 e. The Morgan fingerprint density at radius 1 is 1.13 bits per heavy atom. The first-order valence-electron chi connectivity index (χ1n) is 10.6. The van der Waals surface area contributed by atoms with Gasteiger partial charge in [0, 0.05) is 41.2 Å². The molecule has 154 valence electrons. The van der Waals surface area contributed by atoms with Crippen LogP contribution in [0.3, 0.4) is 0 Å². The molecule has 6 rings (SSSR count). The van der Waals surface area contributed by atoms with E-state index in [0.717, 1.165) is 47.5 Å². The van der Waals surface area contributed by atoms with Crippen LogP contribution < -0.4 is 4.74 Å². The highest BCUT2D eigenvalue weighted by molar-refractivity contribution is 5.93. The number of aromatic nitrogens is 1. The third kappa shape index (κ3) is 3.05. The van der Waals surface area contributed by atoms with Crippen molar-refractivity contribution in [2.24, 2.45) is 0 Å². The Hall–Kier alpha value is -3.73. The highest BCUT2D eigenvalue weighted by Crippen LogP contribution is 2.40. The summed E-state index contributed by atoms with van der Waals surface area (Å²) in [6, 6.07) is 16.4. The van der Waals surface area contributed by atoms with Gasteiger partial charge in [0.1, 0.15) is 5.75 Å². The topological polar surface area (TPSA) is 58.5 Å². The van der Waals surface area contributed by atoms with Gasteiger partial charge in [-0.05, 0) is 53.5 Å². The van der Waals surface area contributed by atoms with Crippen molar-refractivity contribution in [2.45, 2.75) is 18.9 Å². The van der Waals surface area contributed by atoms with Crippen LogP contribution in [0.2, 0.25) is 0 Å². The normalized spacial score (nSPS) is 17.7. The largest absolute Gasteiger partial charge is 0.493 e. The number of para-hydroxylation sites is 1. The molecule has 2 aromatic carbocycles. The summed E-state index contributed by atoms with van der Waals surface area (Å²) in [5.41, 5.74) is 6.73. The predicted molar refractivity (Wildman–Crippen MR) is 119 cm³/mol.